The fraction of sp³-hybridized carbons (Fsp3) is 0.520. The van der Waals surface area contributed by atoms with Gasteiger partial charge in [-0.2, -0.15) is 0 Å². The Labute approximate surface area is 174 Å². The Morgan fingerprint density at radius 3 is 2.59 bits per heavy atom. The minimum Gasteiger partial charge on any atom is -0.343 e. The third-order valence-electron chi connectivity index (χ3n) is 7.09. The lowest BCUT2D eigenvalue weighted by molar-refractivity contribution is -0.131. The first-order chi connectivity index (χ1) is 14.1. The molecule has 154 valence electrons. The lowest BCUT2D eigenvalue weighted by Gasteiger charge is -2.40. The summed E-state index contributed by atoms with van der Waals surface area (Å²) < 4.78 is 0. The second kappa shape index (κ2) is 8.66. The minimum absolute atomic E-state index is 0.246. The minimum atomic E-state index is 0.246. The van der Waals surface area contributed by atoms with E-state index in [0.717, 1.165) is 39.1 Å². The quantitative estimate of drug-likeness (QED) is 0.734. The average molecular weight is 392 g/mol. The number of nitrogens with zero attached hydrogens (tertiary/aromatic N) is 3. The SMILES string of the molecule is CCN(CC)C(=O)C[C@@H]1CC2(CCN(Cc3cccnc3)CC2)c2ccccc21. The Morgan fingerprint density at radius 2 is 1.90 bits per heavy atom. The molecule has 2 aliphatic rings. The zero-order valence-electron chi connectivity index (χ0n) is 17.8. The van der Waals surface area contributed by atoms with Gasteiger partial charge in [-0.3, -0.25) is 14.7 Å². The zero-order valence-corrected chi connectivity index (χ0v) is 17.8. The van der Waals surface area contributed by atoms with Crippen LogP contribution in [0.5, 0.6) is 0 Å². The van der Waals surface area contributed by atoms with Crippen LogP contribution in [0.4, 0.5) is 0 Å². The van der Waals surface area contributed by atoms with Crippen LogP contribution in [0.2, 0.25) is 0 Å². The fourth-order valence-electron chi connectivity index (χ4n) is 5.49. The van der Waals surface area contributed by atoms with Crippen LogP contribution in [0.1, 0.15) is 62.1 Å². The summed E-state index contributed by atoms with van der Waals surface area (Å²) >= 11 is 0. The molecule has 0 N–H and O–H groups in total. The number of rotatable bonds is 6. The molecule has 4 heteroatoms. The van der Waals surface area contributed by atoms with Crippen LogP contribution in [0.15, 0.2) is 48.8 Å². The maximum Gasteiger partial charge on any atom is 0.223 e. The number of carbonyl (C=O) groups is 1. The predicted octanol–water partition coefficient (Wildman–Crippen LogP) is 4.36. The number of piperidine rings is 1. The molecule has 1 fully saturated rings. The molecule has 1 aromatic carbocycles. The molecule has 1 amide bonds. The molecule has 2 aromatic rings. The van der Waals surface area contributed by atoms with Crippen molar-refractivity contribution in [2.45, 2.75) is 57.4 Å². The zero-order chi connectivity index (χ0) is 20.3. The molecule has 0 bridgehead atoms. The van der Waals surface area contributed by atoms with E-state index in [0.29, 0.717) is 18.2 Å². The highest BCUT2D eigenvalue weighted by atomic mass is 16.2. The van der Waals surface area contributed by atoms with E-state index in [4.69, 9.17) is 0 Å². The summed E-state index contributed by atoms with van der Waals surface area (Å²) in [6.07, 6.45) is 7.95. The maximum atomic E-state index is 12.8. The Bertz CT molecular complexity index is 823. The van der Waals surface area contributed by atoms with E-state index in [9.17, 15) is 4.79 Å². The summed E-state index contributed by atoms with van der Waals surface area (Å²) in [5.41, 5.74) is 4.47. The number of amides is 1. The summed E-state index contributed by atoms with van der Waals surface area (Å²) in [5, 5.41) is 0. The first-order valence-electron chi connectivity index (χ1n) is 11.1. The van der Waals surface area contributed by atoms with E-state index in [1.165, 1.54) is 29.5 Å². The van der Waals surface area contributed by atoms with Crippen molar-refractivity contribution in [1.82, 2.24) is 14.8 Å². The highest BCUT2D eigenvalue weighted by Crippen LogP contribution is 2.52. The molecule has 29 heavy (non-hydrogen) atoms. The summed E-state index contributed by atoms with van der Waals surface area (Å²) in [4.78, 5) is 21.6. The lowest BCUT2D eigenvalue weighted by atomic mass is 9.73. The summed E-state index contributed by atoms with van der Waals surface area (Å²) in [5.74, 6) is 0.671. The van der Waals surface area contributed by atoms with E-state index < -0.39 is 0 Å². The van der Waals surface area contributed by atoms with Crippen LogP contribution in [-0.4, -0.2) is 46.9 Å². The number of hydrogen-bond acceptors (Lipinski definition) is 3. The highest BCUT2D eigenvalue weighted by Gasteiger charge is 2.45. The third-order valence-corrected chi connectivity index (χ3v) is 7.09. The second-order valence-electron chi connectivity index (χ2n) is 8.68. The topological polar surface area (TPSA) is 36.4 Å². The maximum absolute atomic E-state index is 12.8. The Balaban J connectivity index is 1.47. The Hall–Kier alpha value is -2.20. The monoisotopic (exact) mass is 391 g/mol. The molecule has 1 aliphatic heterocycles. The molecule has 0 radical (unpaired) electrons. The van der Waals surface area contributed by atoms with Gasteiger partial charge in [0.05, 0.1) is 0 Å². The largest absolute Gasteiger partial charge is 0.343 e. The molecule has 1 aliphatic carbocycles. The average Bonchev–Trinajstić information content (AvgIpc) is 3.05. The van der Waals surface area contributed by atoms with Crippen LogP contribution in [0, 0.1) is 0 Å². The van der Waals surface area contributed by atoms with E-state index >= 15 is 0 Å². The predicted molar refractivity (Wildman–Crippen MR) is 117 cm³/mol. The molecular weight excluding hydrogens is 358 g/mol. The number of likely N-dealkylation sites (tertiary alicyclic amines) is 1. The van der Waals surface area contributed by atoms with Crippen molar-refractivity contribution >= 4 is 5.91 Å². The van der Waals surface area contributed by atoms with Gasteiger partial charge in [-0.25, -0.2) is 0 Å². The molecule has 1 atom stereocenters. The standard InChI is InChI=1S/C25H33N3O/c1-3-28(4-2)24(29)16-21-17-25(23-10-6-5-9-22(21)23)11-14-27(15-12-25)19-20-8-7-13-26-18-20/h5-10,13,18,21H,3-4,11-12,14-17,19H2,1-2H3/t21-/m1/s1. The number of hydrogen-bond donors (Lipinski definition) is 0. The summed E-state index contributed by atoms with van der Waals surface area (Å²) in [6.45, 7) is 8.96. The van der Waals surface area contributed by atoms with Gasteiger partial charge in [-0.15, -0.1) is 0 Å². The van der Waals surface area contributed by atoms with E-state index in [1.54, 1.807) is 0 Å². The van der Waals surface area contributed by atoms with Crippen LogP contribution in [0.3, 0.4) is 0 Å². The molecule has 0 unspecified atom stereocenters. The second-order valence-corrected chi connectivity index (χ2v) is 8.68. The lowest BCUT2D eigenvalue weighted by Crippen LogP contribution is -2.41. The van der Waals surface area contributed by atoms with Crippen LogP contribution < -0.4 is 0 Å². The molecular formula is C25H33N3O. The number of pyridine rings is 1. The Morgan fingerprint density at radius 1 is 1.14 bits per heavy atom. The highest BCUT2D eigenvalue weighted by molar-refractivity contribution is 5.77. The molecule has 0 saturated carbocycles. The molecule has 4 rings (SSSR count). The van der Waals surface area contributed by atoms with Crippen LogP contribution >= 0.6 is 0 Å². The van der Waals surface area contributed by atoms with Gasteiger partial charge in [-0.1, -0.05) is 30.3 Å². The molecule has 2 heterocycles. The number of benzene rings is 1. The number of aromatic nitrogens is 1. The van der Waals surface area contributed by atoms with Crippen molar-refractivity contribution in [1.29, 1.82) is 0 Å². The van der Waals surface area contributed by atoms with Crippen molar-refractivity contribution in [3.8, 4) is 0 Å². The summed E-state index contributed by atoms with van der Waals surface area (Å²) in [6, 6.07) is 13.1. The molecule has 1 aromatic heterocycles. The van der Waals surface area contributed by atoms with Crippen molar-refractivity contribution in [2.75, 3.05) is 26.2 Å². The van der Waals surface area contributed by atoms with Gasteiger partial charge in [0.15, 0.2) is 0 Å². The number of fused-ring (bicyclic) bond motifs is 2. The normalized spacial score (nSPS) is 20.6. The molecule has 4 nitrogen and oxygen atoms in total. The van der Waals surface area contributed by atoms with E-state index in [-0.39, 0.29) is 5.41 Å². The molecule has 1 saturated heterocycles. The number of carbonyl (C=O) groups excluding carboxylic acids is 1. The van der Waals surface area contributed by atoms with Crippen molar-refractivity contribution in [2.24, 2.45) is 0 Å². The van der Waals surface area contributed by atoms with Gasteiger partial charge < -0.3 is 4.90 Å². The van der Waals surface area contributed by atoms with Gasteiger partial charge in [-0.05, 0) is 80.3 Å². The van der Waals surface area contributed by atoms with Crippen LogP contribution in [-0.2, 0) is 16.8 Å². The Kier molecular flexibility index (Phi) is 6.00. The fourth-order valence-corrected chi connectivity index (χ4v) is 5.49. The van der Waals surface area contributed by atoms with E-state index in [1.807, 2.05) is 23.4 Å². The molecule has 1 spiro atoms. The van der Waals surface area contributed by atoms with E-state index in [2.05, 4.69) is 54.1 Å². The van der Waals surface area contributed by atoms with Crippen molar-refractivity contribution in [3.63, 3.8) is 0 Å². The van der Waals surface area contributed by atoms with Gasteiger partial charge in [0.2, 0.25) is 5.91 Å². The third kappa shape index (κ3) is 4.09. The van der Waals surface area contributed by atoms with Gasteiger partial charge in [0.1, 0.15) is 0 Å². The first kappa shape index (κ1) is 20.1. The van der Waals surface area contributed by atoms with Crippen molar-refractivity contribution < 1.29 is 4.79 Å². The summed E-state index contributed by atoms with van der Waals surface area (Å²) in [7, 11) is 0. The van der Waals surface area contributed by atoms with Gasteiger partial charge in [0.25, 0.3) is 0 Å². The first-order valence-corrected chi connectivity index (χ1v) is 11.1. The van der Waals surface area contributed by atoms with Crippen molar-refractivity contribution in [3.05, 3.63) is 65.5 Å². The van der Waals surface area contributed by atoms with Gasteiger partial charge >= 0.3 is 0 Å². The smallest absolute Gasteiger partial charge is 0.223 e. The van der Waals surface area contributed by atoms with Crippen LogP contribution in [0.25, 0.3) is 0 Å². The van der Waals surface area contributed by atoms with Gasteiger partial charge in [0, 0.05) is 38.4 Å².